The van der Waals surface area contributed by atoms with E-state index in [1.165, 1.54) is 108 Å². The van der Waals surface area contributed by atoms with Crippen molar-refractivity contribution in [3.8, 4) is 33.9 Å². The molecule has 4 heterocycles. The van der Waals surface area contributed by atoms with Gasteiger partial charge in [-0.3, -0.25) is 0 Å². The van der Waals surface area contributed by atoms with Crippen molar-refractivity contribution in [1.82, 2.24) is 9.13 Å². The van der Waals surface area contributed by atoms with Gasteiger partial charge in [-0.25, -0.2) is 0 Å². The number of thioether (sulfide) groups is 2. The second-order valence-corrected chi connectivity index (χ2v) is 19.4. The number of hydrogen-bond donors (Lipinski definition) is 0. The average Bonchev–Trinajstić information content (AvgIpc) is 3.94. The molecule has 0 amide bonds. The summed E-state index contributed by atoms with van der Waals surface area (Å²) in [6.45, 7) is 2.66. The van der Waals surface area contributed by atoms with E-state index >= 15 is 0 Å². The summed E-state index contributed by atoms with van der Waals surface area (Å²) in [4.78, 5) is 5.65. The minimum atomic E-state index is 0.173. The summed E-state index contributed by atoms with van der Waals surface area (Å²) in [6.07, 6.45) is 0. The minimum Gasteiger partial charge on any atom is -0.309 e. The lowest BCUT2D eigenvalue weighted by Gasteiger charge is -2.44. The second-order valence-electron chi connectivity index (χ2n) is 17.2. The zero-order chi connectivity index (χ0) is 42.3. The van der Waals surface area contributed by atoms with E-state index in [2.05, 4.69) is 234 Å². The Kier molecular flexibility index (Phi) is 8.89. The third-order valence-corrected chi connectivity index (χ3v) is 16.2. The Balaban J connectivity index is 0.973. The van der Waals surface area contributed by atoms with Crippen molar-refractivity contribution in [2.45, 2.75) is 22.6 Å². The molecule has 2 unspecified atom stereocenters. The summed E-state index contributed by atoms with van der Waals surface area (Å²) >= 11 is 3.99. The number of nitrogens with zero attached hydrogens (tertiary/aromatic N) is 2. The Hall–Kier alpha value is -6.92. The molecule has 0 fully saturated rings. The van der Waals surface area contributed by atoms with Crippen LogP contribution in [-0.4, -0.2) is 15.8 Å². The minimum absolute atomic E-state index is 0.173. The largest absolute Gasteiger partial charge is 0.309 e. The van der Waals surface area contributed by atoms with Gasteiger partial charge in [-0.15, -0.1) is 0 Å². The topological polar surface area (TPSA) is 9.86 Å². The molecule has 302 valence electrons. The first-order valence-corrected chi connectivity index (χ1v) is 23.9. The third-order valence-electron chi connectivity index (χ3n) is 13.7. The SMILES string of the molecule is CC1C(c2ccc(-c3cc4ccccc4n3-c3ccccc3)cc2)=C2Sc3ccccc3B3C2=C(Sc2ccccc23)C1c1ccc(-c2cc3ccccc3n2-c2ccccc2)cc1. The molecule has 5 heteroatoms. The summed E-state index contributed by atoms with van der Waals surface area (Å²) in [5, 5.41) is 2.48. The summed E-state index contributed by atoms with van der Waals surface area (Å²) < 4.78 is 4.81. The highest BCUT2D eigenvalue weighted by atomic mass is 32.2. The molecule has 0 N–H and O–H groups in total. The Morgan fingerprint density at radius 2 is 0.891 bits per heavy atom. The van der Waals surface area contributed by atoms with Crippen LogP contribution in [0, 0.1) is 5.92 Å². The van der Waals surface area contributed by atoms with Crippen molar-refractivity contribution in [2.24, 2.45) is 5.92 Å². The third kappa shape index (κ3) is 5.91. The summed E-state index contributed by atoms with van der Waals surface area (Å²) in [7, 11) is 0. The summed E-state index contributed by atoms with van der Waals surface area (Å²) in [6, 6.07) is 81.0. The first kappa shape index (κ1) is 37.6. The van der Waals surface area contributed by atoms with Crippen molar-refractivity contribution < 1.29 is 0 Å². The van der Waals surface area contributed by atoms with Gasteiger partial charge in [0.25, 0.3) is 0 Å². The van der Waals surface area contributed by atoms with Crippen LogP contribution in [0.15, 0.2) is 243 Å². The van der Waals surface area contributed by atoms with Crippen molar-refractivity contribution in [2.75, 3.05) is 0 Å². The molecule has 10 aromatic rings. The van der Waals surface area contributed by atoms with Crippen molar-refractivity contribution in [1.29, 1.82) is 0 Å². The summed E-state index contributed by atoms with van der Waals surface area (Å²) in [5.74, 6) is 0.392. The fourth-order valence-electron chi connectivity index (χ4n) is 10.8. The Morgan fingerprint density at radius 1 is 0.438 bits per heavy atom. The van der Waals surface area contributed by atoms with Crippen LogP contribution in [0.25, 0.3) is 61.3 Å². The molecule has 2 aliphatic heterocycles. The lowest BCUT2D eigenvalue weighted by Crippen LogP contribution is -2.51. The van der Waals surface area contributed by atoms with E-state index in [9.17, 15) is 0 Å². The zero-order valence-corrected chi connectivity index (χ0v) is 36.9. The molecule has 8 aromatic carbocycles. The van der Waals surface area contributed by atoms with Gasteiger partial charge in [0.1, 0.15) is 0 Å². The highest BCUT2D eigenvalue weighted by Gasteiger charge is 2.47. The van der Waals surface area contributed by atoms with Gasteiger partial charge in [0.15, 0.2) is 0 Å². The molecule has 2 atom stereocenters. The predicted molar refractivity (Wildman–Crippen MR) is 273 cm³/mol. The molecule has 64 heavy (non-hydrogen) atoms. The summed E-state index contributed by atoms with van der Waals surface area (Å²) in [5.41, 5.74) is 18.0. The number of aromatic nitrogens is 2. The van der Waals surface area contributed by atoms with Gasteiger partial charge in [0, 0.05) is 42.8 Å². The van der Waals surface area contributed by atoms with E-state index in [1.807, 2.05) is 23.5 Å². The fraction of sp³-hybridized carbons (Fsp3) is 0.0508. The van der Waals surface area contributed by atoms with Gasteiger partial charge in [0.05, 0.1) is 22.4 Å². The molecule has 0 radical (unpaired) electrons. The van der Waals surface area contributed by atoms with Crippen LogP contribution in [0.4, 0.5) is 0 Å². The van der Waals surface area contributed by atoms with E-state index in [4.69, 9.17) is 0 Å². The van der Waals surface area contributed by atoms with Crippen molar-refractivity contribution >= 4 is 68.5 Å². The number of allylic oxidation sites excluding steroid dienone is 3. The number of hydrogen-bond acceptors (Lipinski definition) is 2. The quantitative estimate of drug-likeness (QED) is 0.154. The van der Waals surface area contributed by atoms with Crippen LogP contribution in [0.1, 0.15) is 24.0 Å². The molecule has 2 nitrogen and oxygen atoms in total. The van der Waals surface area contributed by atoms with Crippen LogP contribution < -0.4 is 10.9 Å². The normalized spacial score (nSPS) is 16.5. The lowest BCUT2D eigenvalue weighted by molar-refractivity contribution is 0.642. The van der Waals surface area contributed by atoms with Crippen LogP contribution in [-0.2, 0) is 0 Å². The van der Waals surface area contributed by atoms with Crippen LogP contribution in [0.5, 0.6) is 0 Å². The van der Waals surface area contributed by atoms with Gasteiger partial charge in [0.2, 0.25) is 6.71 Å². The van der Waals surface area contributed by atoms with Gasteiger partial charge in [-0.2, -0.15) is 0 Å². The van der Waals surface area contributed by atoms with Gasteiger partial charge in [-0.1, -0.05) is 199 Å². The van der Waals surface area contributed by atoms with Gasteiger partial charge in [-0.05, 0) is 105 Å². The highest BCUT2D eigenvalue weighted by Crippen LogP contribution is 2.59. The molecule has 0 saturated carbocycles. The van der Waals surface area contributed by atoms with Gasteiger partial charge < -0.3 is 9.13 Å². The Morgan fingerprint density at radius 3 is 1.45 bits per heavy atom. The number of rotatable bonds is 6. The monoisotopic (exact) mass is 852 g/mol. The van der Waals surface area contributed by atoms with Crippen LogP contribution in [0.2, 0.25) is 0 Å². The van der Waals surface area contributed by atoms with E-state index in [0.717, 1.165) is 0 Å². The number of fused-ring (bicyclic) bond motifs is 6. The molecule has 3 aliphatic rings. The van der Waals surface area contributed by atoms with E-state index in [-0.39, 0.29) is 18.5 Å². The molecular formula is C59H41BN2S2. The molecule has 0 spiro atoms. The van der Waals surface area contributed by atoms with E-state index in [1.54, 1.807) is 0 Å². The zero-order valence-electron chi connectivity index (χ0n) is 35.2. The van der Waals surface area contributed by atoms with Crippen molar-refractivity contribution in [3.05, 3.63) is 245 Å². The number of benzene rings is 8. The second kappa shape index (κ2) is 15.1. The Labute approximate surface area is 382 Å². The fourth-order valence-corrected chi connectivity index (χ4v) is 13.8. The van der Waals surface area contributed by atoms with Crippen LogP contribution in [0.3, 0.4) is 0 Å². The number of para-hydroxylation sites is 4. The smallest absolute Gasteiger partial charge is 0.246 e. The van der Waals surface area contributed by atoms with E-state index in [0.29, 0.717) is 0 Å². The molecule has 1 aliphatic carbocycles. The maximum atomic E-state index is 2.48. The highest BCUT2D eigenvalue weighted by molar-refractivity contribution is 8.05. The van der Waals surface area contributed by atoms with Crippen molar-refractivity contribution in [3.63, 3.8) is 0 Å². The average molecular weight is 853 g/mol. The Bertz CT molecular complexity index is 3510. The molecule has 0 bridgehead atoms. The first-order chi connectivity index (χ1) is 31.7. The van der Waals surface area contributed by atoms with Crippen LogP contribution >= 0.6 is 23.5 Å². The standard InChI is InChI=1S/C59H41BN2S2/c1-38-55(41-32-28-39(29-33-41)51-36-43-16-8-12-24-49(43)61(51)45-18-4-2-5-19-45)58-57-59(64-54-27-15-11-23-48(54)60(57)47-22-10-14-26-53(47)63-58)56(38)42-34-30-40(31-35-42)52-37-44-17-9-13-25-50(44)62(52)46-20-6-3-7-21-46/h2-38,55H,1H3. The molecular weight excluding hydrogens is 812 g/mol. The lowest BCUT2D eigenvalue weighted by atomic mass is 9.34. The molecule has 2 aromatic heterocycles. The molecule has 0 saturated heterocycles. The first-order valence-electron chi connectivity index (χ1n) is 22.2. The van der Waals surface area contributed by atoms with E-state index < -0.39 is 0 Å². The maximum absolute atomic E-state index is 2.48. The maximum Gasteiger partial charge on any atom is 0.246 e. The predicted octanol–water partition coefficient (Wildman–Crippen LogP) is 14.4. The molecule has 13 rings (SSSR count). The van der Waals surface area contributed by atoms with Gasteiger partial charge >= 0.3 is 0 Å².